The predicted octanol–water partition coefficient (Wildman–Crippen LogP) is 1.17. The molecule has 0 radical (unpaired) electrons. The van der Waals surface area contributed by atoms with Gasteiger partial charge in [0.25, 0.3) is 0 Å². The molecule has 2 fully saturated rings. The van der Waals surface area contributed by atoms with E-state index >= 15 is 0 Å². The van der Waals surface area contributed by atoms with E-state index in [1.54, 1.807) is 0 Å². The lowest BCUT2D eigenvalue weighted by Crippen LogP contribution is -2.49. The third-order valence-corrected chi connectivity index (χ3v) is 4.01. The van der Waals surface area contributed by atoms with Crippen molar-refractivity contribution in [1.82, 2.24) is 4.90 Å². The molecule has 4 nitrogen and oxygen atoms in total. The van der Waals surface area contributed by atoms with Crippen molar-refractivity contribution in [1.29, 1.82) is 0 Å². The van der Waals surface area contributed by atoms with Crippen molar-refractivity contribution < 1.29 is 14.6 Å². The second-order valence-corrected chi connectivity index (χ2v) is 5.31. The molecule has 1 N–H and O–H groups in total. The van der Waals surface area contributed by atoms with Crippen LogP contribution in [-0.2, 0) is 9.53 Å². The molecule has 2 aliphatic heterocycles. The first-order valence-electron chi connectivity index (χ1n) is 6.77. The van der Waals surface area contributed by atoms with Gasteiger partial charge in [0.05, 0.1) is 6.61 Å². The number of piperidine rings is 2. The molecule has 2 saturated heterocycles. The summed E-state index contributed by atoms with van der Waals surface area (Å²) in [5.41, 5.74) is 0. The molecule has 0 aliphatic carbocycles. The highest BCUT2D eigenvalue weighted by Gasteiger charge is 2.33. The zero-order valence-corrected chi connectivity index (χ0v) is 10.6. The first kappa shape index (κ1) is 12.8. The number of fused-ring (bicyclic) bond motifs is 1. The summed E-state index contributed by atoms with van der Waals surface area (Å²) in [7, 11) is 0. The van der Waals surface area contributed by atoms with E-state index in [9.17, 15) is 4.79 Å². The fourth-order valence-electron chi connectivity index (χ4n) is 3.08. The van der Waals surface area contributed by atoms with Crippen molar-refractivity contribution in [2.24, 2.45) is 5.92 Å². The molecule has 98 valence electrons. The summed E-state index contributed by atoms with van der Waals surface area (Å²) in [5.74, 6) is -0.0234. The fraction of sp³-hybridized carbons (Fsp3) is 0.923. The molecule has 3 atom stereocenters. The normalized spacial score (nSPS) is 31.6. The highest BCUT2D eigenvalue weighted by molar-refractivity contribution is 5.73. The molecule has 0 aromatic rings. The van der Waals surface area contributed by atoms with Gasteiger partial charge < -0.3 is 9.84 Å². The van der Waals surface area contributed by atoms with Crippen LogP contribution < -0.4 is 0 Å². The van der Waals surface area contributed by atoms with Crippen LogP contribution in [0.2, 0.25) is 0 Å². The van der Waals surface area contributed by atoms with Crippen LogP contribution in [-0.4, -0.2) is 47.8 Å². The Balaban J connectivity index is 1.84. The molecule has 0 amide bonds. The van der Waals surface area contributed by atoms with Gasteiger partial charge in [-0.2, -0.15) is 0 Å². The van der Waals surface area contributed by atoms with Crippen LogP contribution in [0.25, 0.3) is 0 Å². The summed E-state index contributed by atoms with van der Waals surface area (Å²) in [6.45, 7) is 4.33. The number of esters is 1. The minimum atomic E-state index is -0.999. The average Bonchev–Trinajstić information content (AvgIpc) is 2.35. The molecular formula is C13H23NO3. The van der Waals surface area contributed by atoms with Crippen molar-refractivity contribution in [2.75, 3.05) is 19.7 Å². The quantitative estimate of drug-likeness (QED) is 0.754. The number of carbonyl (C=O) groups excluding carboxylic acids is 1. The highest BCUT2D eigenvalue weighted by Crippen LogP contribution is 2.30. The summed E-state index contributed by atoms with van der Waals surface area (Å²) in [5, 5.41) is 9.10. The molecular weight excluding hydrogens is 218 g/mol. The lowest BCUT2D eigenvalue weighted by atomic mass is 9.84. The largest absolute Gasteiger partial charge is 0.463 e. The fourth-order valence-corrected chi connectivity index (χ4v) is 3.08. The van der Waals surface area contributed by atoms with Gasteiger partial charge in [0.15, 0.2) is 0 Å². The van der Waals surface area contributed by atoms with Crippen molar-refractivity contribution in [3.05, 3.63) is 0 Å². The first-order valence-corrected chi connectivity index (χ1v) is 6.77. The third-order valence-electron chi connectivity index (χ3n) is 4.01. The Morgan fingerprint density at radius 1 is 1.35 bits per heavy atom. The minimum Gasteiger partial charge on any atom is -0.463 e. The topological polar surface area (TPSA) is 49.8 Å². The van der Waals surface area contributed by atoms with Crippen molar-refractivity contribution in [2.45, 2.75) is 51.2 Å². The summed E-state index contributed by atoms with van der Waals surface area (Å²) in [6.07, 6.45) is 5.18. The van der Waals surface area contributed by atoms with Crippen LogP contribution in [0.1, 0.15) is 39.0 Å². The lowest BCUT2D eigenvalue weighted by molar-refractivity contribution is -0.155. The van der Waals surface area contributed by atoms with Gasteiger partial charge in [-0.1, -0.05) is 6.42 Å². The summed E-state index contributed by atoms with van der Waals surface area (Å²) < 4.78 is 5.18. The smallest absolute Gasteiger partial charge is 0.334 e. The van der Waals surface area contributed by atoms with Gasteiger partial charge in [0.1, 0.15) is 6.10 Å². The maximum Gasteiger partial charge on any atom is 0.334 e. The molecule has 2 heterocycles. The number of hydrogen-bond acceptors (Lipinski definition) is 4. The molecule has 0 aromatic heterocycles. The molecule has 2 rings (SSSR count). The van der Waals surface area contributed by atoms with Crippen molar-refractivity contribution >= 4 is 5.97 Å². The van der Waals surface area contributed by atoms with Crippen LogP contribution in [0.15, 0.2) is 0 Å². The molecule has 4 heteroatoms. The van der Waals surface area contributed by atoms with E-state index in [-0.39, 0.29) is 0 Å². The van der Waals surface area contributed by atoms with Gasteiger partial charge in [0.2, 0.25) is 0 Å². The molecule has 17 heavy (non-hydrogen) atoms. The van der Waals surface area contributed by atoms with Crippen LogP contribution in [0.5, 0.6) is 0 Å². The molecule has 0 bridgehead atoms. The number of hydrogen-bond donors (Lipinski definition) is 1. The van der Waals surface area contributed by atoms with E-state index in [0.717, 1.165) is 6.42 Å². The number of carbonyl (C=O) groups is 1. The van der Waals surface area contributed by atoms with E-state index < -0.39 is 12.1 Å². The number of ether oxygens (including phenoxy) is 1. The third kappa shape index (κ3) is 3.19. The zero-order chi connectivity index (χ0) is 12.3. The molecule has 0 unspecified atom stereocenters. The Hall–Kier alpha value is -0.610. The van der Waals surface area contributed by atoms with E-state index in [2.05, 4.69) is 4.90 Å². The Labute approximate surface area is 103 Å². The Bertz CT molecular complexity index is 265. The van der Waals surface area contributed by atoms with Gasteiger partial charge in [0, 0.05) is 12.0 Å². The summed E-state index contributed by atoms with van der Waals surface area (Å²) >= 11 is 0. The van der Waals surface area contributed by atoms with E-state index in [0.29, 0.717) is 18.6 Å². The number of aliphatic hydroxyl groups excluding tert-OH is 1. The molecule has 0 spiro atoms. The van der Waals surface area contributed by atoms with Gasteiger partial charge >= 0.3 is 5.97 Å². The SMILES string of the molecule is C[C@@H](O)C(=O)OC[C@H]1CCCN2CCCC[C@@H]12. The highest BCUT2D eigenvalue weighted by atomic mass is 16.5. The summed E-state index contributed by atoms with van der Waals surface area (Å²) in [6, 6.07) is 0.597. The monoisotopic (exact) mass is 241 g/mol. The predicted molar refractivity (Wildman–Crippen MR) is 64.6 cm³/mol. The second kappa shape index (κ2) is 5.83. The summed E-state index contributed by atoms with van der Waals surface area (Å²) in [4.78, 5) is 13.8. The van der Waals surface area contributed by atoms with E-state index in [1.807, 2.05) is 0 Å². The Morgan fingerprint density at radius 3 is 2.88 bits per heavy atom. The van der Waals surface area contributed by atoms with Crippen molar-refractivity contribution in [3.63, 3.8) is 0 Å². The Morgan fingerprint density at radius 2 is 2.12 bits per heavy atom. The van der Waals surface area contributed by atoms with Crippen molar-refractivity contribution in [3.8, 4) is 0 Å². The van der Waals surface area contributed by atoms with Crippen LogP contribution in [0.4, 0.5) is 0 Å². The number of nitrogens with zero attached hydrogens (tertiary/aromatic N) is 1. The maximum atomic E-state index is 11.3. The number of rotatable bonds is 3. The Kier molecular flexibility index (Phi) is 4.40. The second-order valence-electron chi connectivity index (χ2n) is 5.31. The van der Waals surface area contributed by atoms with Gasteiger partial charge in [-0.3, -0.25) is 4.90 Å². The molecule has 2 aliphatic rings. The van der Waals surface area contributed by atoms with Gasteiger partial charge in [-0.05, 0) is 45.7 Å². The molecule has 0 aromatic carbocycles. The minimum absolute atomic E-state index is 0.465. The zero-order valence-electron chi connectivity index (χ0n) is 10.6. The van der Waals surface area contributed by atoms with E-state index in [1.165, 1.54) is 45.7 Å². The number of aliphatic hydroxyl groups is 1. The molecule has 0 saturated carbocycles. The van der Waals surface area contributed by atoms with Gasteiger partial charge in [-0.15, -0.1) is 0 Å². The maximum absolute atomic E-state index is 11.3. The first-order chi connectivity index (χ1) is 8.18. The van der Waals surface area contributed by atoms with Crippen LogP contribution >= 0.6 is 0 Å². The van der Waals surface area contributed by atoms with Gasteiger partial charge in [-0.25, -0.2) is 4.79 Å². The average molecular weight is 241 g/mol. The standard InChI is InChI=1S/C13H23NO3/c1-10(15)13(16)17-9-11-5-4-8-14-7-3-2-6-12(11)14/h10-12,15H,2-9H2,1H3/t10-,11-,12+/m1/s1. The van der Waals surface area contributed by atoms with Crippen LogP contribution in [0.3, 0.4) is 0 Å². The lowest BCUT2D eigenvalue weighted by Gasteiger charge is -2.44. The van der Waals surface area contributed by atoms with E-state index in [4.69, 9.17) is 9.84 Å². The van der Waals surface area contributed by atoms with Crippen LogP contribution in [0, 0.1) is 5.92 Å².